The van der Waals surface area contributed by atoms with Gasteiger partial charge in [-0.25, -0.2) is 4.79 Å². The number of phenolic OH excluding ortho intramolecular Hbond substituents is 1. The number of esters is 1. The molecular weight excluding hydrogens is 204 g/mol. The minimum Gasteiger partial charge on any atom is -0.508 e. The van der Waals surface area contributed by atoms with Crippen LogP contribution in [0.25, 0.3) is 6.08 Å². The van der Waals surface area contributed by atoms with Crippen molar-refractivity contribution in [2.24, 2.45) is 0 Å². The van der Waals surface area contributed by atoms with Crippen LogP contribution in [0.4, 0.5) is 0 Å². The highest BCUT2D eigenvalue weighted by Gasteiger charge is 2.16. The Kier molecular flexibility index (Phi) is 2.60. The summed E-state index contributed by atoms with van der Waals surface area (Å²) in [4.78, 5) is 11.2. The third kappa shape index (κ3) is 2.20. The van der Waals surface area contributed by atoms with Crippen LogP contribution >= 0.6 is 0 Å². The van der Waals surface area contributed by atoms with E-state index in [0.717, 1.165) is 5.56 Å². The molecule has 0 aliphatic carbocycles. The fraction of sp³-hybridized carbons (Fsp3) is 0. The largest absolute Gasteiger partial charge is 0.508 e. The van der Waals surface area contributed by atoms with Gasteiger partial charge in [-0.2, -0.15) is 0 Å². The number of rotatable bonds is 2. The zero-order valence-electron chi connectivity index (χ0n) is 8.51. The van der Waals surface area contributed by atoms with Gasteiger partial charge in [-0.3, -0.25) is 0 Å². The lowest BCUT2D eigenvalue weighted by atomic mass is 10.1. The highest BCUT2D eigenvalue weighted by molar-refractivity contribution is 5.96. The predicted molar refractivity (Wildman–Crippen MR) is 60.5 cm³/mol. The molecular formula is C13H10O3. The van der Waals surface area contributed by atoms with E-state index in [1.54, 1.807) is 42.5 Å². The van der Waals surface area contributed by atoms with E-state index in [-0.39, 0.29) is 11.7 Å². The molecule has 0 spiro atoms. The smallest absolute Gasteiger partial charge is 0.343 e. The molecule has 1 aliphatic heterocycles. The Morgan fingerprint density at radius 3 is 2.44 bits per heavy atom. The molecule has 1 aromatic carbocycles. The summed E-state index contributed by atoms with van der Waals surface area (Å²) >= 11 is 0. The Morgan fingerprint density at radius 2 is 1.88 bits per heavy atom. The average molecular weight is 214 g/mol. The minimum absolute atomic E-state index is 0.213. The van der Waals surface area contributed by atoms with Gasteiger partial charge in [0.05, 0.1) is 5.57 Å². The molecule has 3 heteroatoms. The summed E-state index contributed by atoms with van der Waals surface area (Å²) in [6, 6.07) is 6.67. The Labute approximate surface area is 93.0 Å². The van der Waals surface area contributed by atoms with Crippen molar-refractivity contribution in [2.45, 2.75) is 0 Å². The van der Waals surface area contributed by atoms with Gasteiger partial charge in [0.25, 0.3) is 0 Å². The average Bonchev–Trinajstić information content (AvgIpc) is 2.57. The lowest BCUT2D eigenvalue weighted by molar-refractivity contribution is -0.132. The second kappa shape index (κ2) is 4.06. The lowest BCUT2D eigenvalue weighted by Crippen LogP contribution is -1.95. The molecule has 1 N–H and O–H groups in total. The summed E-state index contributed by atoms with van der Waals surface area (Å²) in [7, 11) is 0. The fourth-order valence-electron chi connectivity index (χ4n) is 1.33. The molecule has 0 bridgehead atoms. The Balaban J connectivity index is 2.16. The van der Waals surface area contributed by atoms with Crippen LogP contribution in [0.15, 0.2) is 54.3 Å². The number of allylic oxidation sites excluding steroid dienone is 1. The maximum absolute atomic E-state index is 11.2. The first kappa shape index (κ1) is 10.2. The van der Waals surface area contributed by atoms with E-state index < -0.39 is 0 Å². The quantitative estimate of drug-likeness (QED) is 0.769. The maximum Gasteiger partial charge on any atom is 0.343 e. The van der Waals surface area contributed by atoms with Crippen LogP contribution < -0.4 is 0 Å². The lowest BCUT2D eigenvalue weighted by Gasteiger charge is -1.94. The number of phenols is 1. The highest BCUT2D eigenvalue weighted by Crippen LogP contribution is 2.18. The standard InChI is InChI=1S/C13H10O3/c1-9-8-11(13(15)16-9)5-2-10-3-6-12(14)7-4-10/h2-8,14H,1H2/b5-2+. The summed E-state index contributed by atoms with van der Waals surface area (Å²) in [5.74, 6) is 0.181. The molecule has 2 rings (SSSR count). The van der Waals surface area contributed by atoms with Crippen LogP contribution in [0.1, 0.15) is 5.56 Å². The second-order valence-corrected chi connectivity index (χ2v) is 3.38. The van der Waals surface area contributed by atoms with Crippen molar-refractivity contribution in [2.75, 3.05) is 0 Å². The normalized spacial score (nSPS) is 15.4. The Bertz CT molecular complexity index is 492. The molecule has 0 saturated carbocycles. The van der Waals surface area contributed by atoms with E-state index in [4.69, 9.17) is 9.84 Å². The van der Waals surface area contributed by atoms with E-state index in [0.29, 0.717) is 11.3 Å². The first-order valence-electron chi connectivity index (χ1n) is 4.75. The molecule has 1 heterocycles. The first-order valence-corrected chi connectivity index (χ1v) is 4.75. The number of benzene rings is 1. The predicted octanol–water partition coefficient (Wildman–Crippen LogP) is 2.40. The van der Waals surface area contributed by atoms with Gasteiger partial charge in [0, 0.05) is 0 Å². The molecule has 16 heavy (non-hydrogen) atoms. The summed E-state index contributed by atoms with van der Waals surface area (Å²) in [5.41, 5.74) is 1.36. The van der Waals surface area contributed by atoms with Crippen LogP contribution in [0, 0.1) is 0 Å². The van der Waals surface area contributed by atoms with Crippen LogP contribution in [0.5, 0.6) is 5.75 Å². The molecule has 0 amide bonds. The van der Waals surface area contributed by atoms with E-state index in [2.05, 4.69) is 6.58 Å². The monoisotopic (exact) mass is 214 g/mol. The second-order valence-electron chi connectivity index (χ2n) is 3.38. The summed E-state index contributed by atoms with van der Waals surface area (Å²) in [6.07, 6.45) is 5.01. The van der Waals surface area contributed by atoms with Gasteiger partial charge in [-0.05, 0) is 29.8 Å². The van der Waals surface area contributed by atoms with Gasteiger partial charge < -0.3 is 9.84 Å². The molecule has 0 atom stereocenters. The molecule has 0 fully saturated rings. The zero-order valence-corrected chi connectivity index (χ0v) is 8.51. The summed E-state index contributed by atoms with van der Waals surface area (Å²) in [6.45, 7) is 3.54. The molecule has 3 nitrogen and oxygen atoms in total. The summed E-state index contributed by atoms with van der Waals surface area (Å²) in [5, 5.41) is 9.09. The molecule has 0 saturated heterocycles. The Hall–Kier alpha value is -2.29. The van der Waals surface area contributed by atoms with Gasteiger partial charge in [-0.15, -0.1) is 0 Å². The number of hydrogen-bond acceptors (Lipinski definition) is 3. The van der Waals surface area contributed by atoms with Gasteiger partial charge in [-0.1, -0.05) is 24.8 Å². The molecule has 0 unspecified atom stereocenters. The van der Waals surface area contributed by atoms with Crippen molar-refractivity contribution in [3.8, 4) is 5.75 Å². The molecule has 1 aliphatic rings. The van der Waals surface area contributed by atoms with Crippen molar-refractivity contribution < 1.29 is 14.6 Å². The van der Waals surface area contributed by atoms with Gasteiger partial charge in [0.2, 0.25) is 0 Å². The van der Waals surface area contributed by atoms with Crippen LogP contribution in [-0.4, -0.2) is 11.1 Å². The number of ether oxygens (including phenoxy) is 1. The van der Waals surface area contributed by atoms with E-state index in [1.807, 2.05) is 0 Å². The van der Waals surface area contributed by atoms with Crippen LogP contribution in [0.2, 0.25) is 0 Å². The van der Waals surface area contributed by atoms with E-state index in [1.165, 1.54) is 0 Å². The number of hydrogen-bond donors (Lipinski definition) is 1. The third-order valence-corrected chi connectivity index (χ3v) is 2.12. The van der Waals surface area contributed by atoms with Crippen LogP contribution in [0.3, 0.4) is 0 Å². The molecule has 80 valence electrons. The number of aromatic hydroxyl groups is 1. The summed E-state index contributed by atoms with van der Waals surface area (Å²) < 4.78 is 4.76. The van der Waals surface area contributed by atoms with E-state index >= 15 is 0 Å². The Morgan fingerprint density at radius 1 is 1.19 bits per heavy atom. The van der Waals surface area contributed by atoms with E-state index in [9.17, 15) is 4.79 Å². The van der Waals surface area contributed by atoms with Crippen molar-refractivity contribution in [3.63, 3.8) is 0 Å². The SMILES string of the molecule is C=C1C=C(/C=C/c2ccc(O)cc2)C(=O)O1. The topological polar surface area (TPSA) is 46.5 Å². The van der Waals surface area contributed by atoms with Crippen LogP contribution in [-0.2, 0) is 9.53 Å². The maximum atomic E-state index is 11.2. The van der Waals surface area contributed by atoms with Crippen molar-refractivity contribution in [3.05, 3.63) is 59.9 Å². The first-order chi connectivity index (χ1) is 7.65. The van der Waals surface area contributed by atoms with Gasteiger partial charge in [0.1, 0.15) is 11.5 Å². The molecule has 0 radical (unpaired) electrons. The number of carbonyl (C=O) groups is 1. The third-order valence-electron chi connectivity index (χ3n) is 2.12. The fourth-order valence-corrected chi connectivity index (χ4v) is 1.33. The molecule has 1 aromatic rings. The highest BCUT2D eigenvalue weighted by atomic mass is 16.5. The minimum atomic E-state index is -0.389. The van der Waals surface area contributed by atoms with Crippen molar-refractivity contribution in [1.82, 2.24) is 0 Å². The number of cyclic esters (lactones) is 1. The zero-order chi connectivity index (χ0) is 11.5. The van der Waals surface area contributed by atoms with Gasteiger partial charge in [0.15, 0.2) is 0 Å². The van der Waals surface area contributed by atoms with Crippen molar-refractivity contribution >= 4 is 12.0 Å². The van der Waals surface area contributed by atoms with Gasteiger partial charge >= 0.3 is 5.97 Å². The van der Waals surface area contributed by atoms with Crippen molar-refractivity contribution in [1.29, 1.82) is 0 Å². The molecule has 0 aromatic heterocycles. The number of carbonyl (C=O) groups excluding carboxylic acids is 1.